The summed E-state index contributed by atoms with van der Waals surface area (Å²) in [5, 5.41) is 11.8. The third-order valence-electron chi connectivity index (χ3n) is 0.764. The van der Waals surface area contributed by atoms with Crippen molar-refractivity contribution in [2.45, 2.75) is 6.54 Å². The van der Waals surface area contributed by atoms with Crippen molar-refractivity contribution in [2.24, 2.45) is 0 Å². The third kappa shape index (κ3) is 1.52. The Hall–Kier alpha value is -1.39. The van der Waals surface area contributed by atoms with Gasteiger partial charge in [-0.2, -0.15) is 5.10 Å². The van der Waals surface area contributed by atoms with Crippen LogP contribution in [0.5, 0.6) is 0 Å². The van der Waals surface area contributed by atoms with Crippen LogP contribution < -0.4 is 0 Å². The van der Waals surface area contributed by atoms with Crippen molar-refractivity contribution in [3.63, 3.8) is 0 Å². The second-order valence-electron chi connectivity index (χ2n) is 1.49. The molecule has 0 aromatic carbocycles. The van der Waals surface area contributed by atoms with Gasteiger partial charge in [0.15, 0.2) is 0 Å². The van der Waals surface area contributed by atoms with E-state index in [1.165, 1.54) is 17.3 Å². The Labute approximate surface area is 50.9 Å². The van der Waals surface area contributed by atoms with E-state index in [0.717, 1.165) is 0 Å². The molecular formula is C4H5N3O2. The van der Waals surface area contributed by atoms with Gasteiger partial charge in [-0.3, -0.25) is 4.79 Å². The minimum absolute atomic E-state index is 0.125. The molecule has 9 heavy (non-hydrogen) atoms. The smallest absolute Gasteiger partial charge is 0.325 e. The number of carboxylic acid groups (broad SMARTS) is 1. The van der Waals surface area contributed by atoms with Gasteiger partial charge >= 0.3 is 5.97 Å². The van der Waals surface area contributed by atoms with Gasteiger partial charge in [0.1, 0.15) is 19.2 Å². The van der Waals surface area contributed by atoms with Crippen molar-refractivity contribution in [3.8, 4) is 0 Å². The number of nitrogens with zero attached hydrogens (tertiary/aromatic N) is 3. The first-order chi connectivity index (χ1) is 4.29. The predicted octanol–water partition coefficient (Wildman–Crippen LogP) is -0.637. The van der Waals surface area contributed by atoms with Gasteiger partial charge in [-0.25, -0.2) is 9.67 Å². The first-order valence-electron chi connectivity index (χ1n) is 2.33. The summed E-state index contributed by atoms with van der Waals surface area (Å²) in [4.78, 5) is 13.5. The number of hydrogen-bond donors (Lipinski definition) is 1. The molecule has 0 unspecified atom stereocenters. The Morgan fingerprint density at radius 2 is 2.56 bits per heavy atom. The van der Waals surface area contributed by atoms with Gasteiger partial charge in [-0.05, 0) is 0 Å². The molecule has 1 aromatic heterocycles. The van der Waals surface area contributed by atoms with Gasteiger partial charge in [-0.1, -0.05) is 0 Å². The molecule has 5 heteroatoms. The van der Waals surface area contributed by atoms with Gasteiger partial charge in [0, 0.05) is 0 Å². The molecule has 5 nitrogen and oxygen atoms in total. The van der Waals surface area contributed by atoms with Crippen LogP contribution in [0.1, 0.15) is 0 Å². The highest BCUT2D eigenvalue weighted by Crippen LogP contribution is 1.77. The molecule has 0 bridgehead atoms. The van der Waals surface area contributed by atoms with Crippen molar-refractivity contribution in [2.75, 3.05) is 0 Å². The molecule has 0 radical (unpaired) electrons. The number of carbonyl (C=O) groups is 1. The van der Waals surface area contributed by atoms with E-state index in [0.29, 0.717) is 0 Å². The summed E-state index contributed by atoms with van der Waals surface area (Å²) in [6.45, 7) is -0.125. The third-order valence-corrected chi connectivity index (χ3v) is 0.764. The summed E-state index contributed by atoms with van der Waals surface area (Å²) in [7, 11) is 0. The highest BCUT2D eigenvalue weighted by Gasteiger charge is 1.96. The van der Waals surface area contributed by atoms with Crippen LogP contribution in [0.3, 0.4) is 0 Å². The molecule has 0 amide bonds. The zero-order valence-corrected chi connectivity index (χ0v) is 4.56. The maximum absolute atomic E-state index is 9.98. The molecule has 0 saturated carbocycles. The SMILES string of the molecule is O=C(O)C[15n]1[13cH][15n][13cH][15n]1. The van der Waals surface area contributed by atoms with Crippen LogP contribution in [0.25, 0.3) is 0 Å². The Balaban J connectivity index is 2.58. The van der Waals surface area contributed by atoms with E-state index in [1.54, 1.807) is 0 Å². The number of aliphatic carboxylic acids is 1. The predicted molar refractivity (Wildman–Crippen MR) is 27.7 cm³/mol. The quantitative estimate of drug-likeness (QED) is 0.581. The summed E-state index contributed by atoms with van der Waals surface area (Å²) in [5.74, 6) is -0.916. The first kappa shape index (κ1) is 5.74. The second-order valence-corrected chi connectivity index (χ2v) is 1.49. The molecule has 1 rings (SSSR count). The fourth-order valence-electron chi connectivity index (χ4n) is 0.453. The molecule has 0 saturated heterocycles. The van der Waals surface area contributed by atoms with Crippen LogP contribution in [0.2, 0.25) is 0 Å². The molecule has 0 fully saturated rings. The Morgan fingerprint density at radius 1 is 1.78 bits per heavy atom. The Kier molecular flexibility index (Phi) is 1.44. The van der Waals surface area contributed by atoms with E-state index in [4.69, 9.17) is 5.11 Å². The molecule has 1 N–H and O–H groups in total. The normalized spacial score (nSPS) is 9.33. The zero-order valence-electron chi connectivity index (χ0n) is 4.56. The molecular weight excluding hydrogens is 127 g/mol. The van der Waals surface area contributed by atoms with Gasteiger partial charge in [0.2, 0.25) is 0 Å². The first-order valence-corrected chi connectivity index (χ1v) is 2.33. The zero-order chi connectivity index (χ0) is 6.69. The molecule has 1 aromatic rings. The molecule has 1 heterocycles. The summed E-state index contributed by atoms with van der Waals surface area (Å²) >= 11 is 0. The van der Waals surface area contributed by atoms with Crippen LogP contribution in [-0.4, -0.2) is 25.8 Å². The van der Waals surface area contributed by atoms with Crippen molar-refractivity contribution >= 4 is 5.97 Å². The van der Waals surface area contributed by atoms with Crippen LogP contribution in [0.15, 0.2) is 12.7 Å². The summed E-state index contributed by atoms with van der Waals surface area (Å²) in [5.41, 5.74) is 0. The summed E-state index contributed by atoms with van der Waals surface area (Å²) in [6, 6.07) is 0. The second kappa shape index (κ2) is 2.25. The fourth-order valence-corrected chi connectivity index (χ4v) is 0.453. The van der Waals surface area contributed by atoms with E-state index in [2.05, 4.69) is 10.1 Å². The Bertz CT molecular complexity index is 194. The largest absolute Gasteiger partial charge is 0.480 e. The molecule has 0 atom stereocenters. The lowest BCUT2D eigenvalue weighted by Gasteiger charge is -1.89. The van der Waals surface area contributed by atoms with Crippen LogP contribution in [-0.2, 0) is 11.3 Å². The lowest BCUT2D eigenvalue weighted by Crippen LogP contribution is -2.08. The molecule has 0 aliphatic rings. The van der Waals surface area contributed by atoms with Crippen LogP contribution in [0, 0.1) is 0 Å². The average Bonchev–Trinajstić information content (AvgIpc) is 2.15. The standard InChI is InChI=1S/C4H5N3O2/c8-4(9)1-7-3-5-2-6-7/h2-3H,1H2,(H,8,9)/i2+1,3+1,5+1,6+1,7+1. The number of hydrogen-bond acceptors (Lipinski definition) is 3. The van der Waals surface area contributed by atoms with E-state index in [9.17, 15) is 4.79 Å². The summed E-state index contributed by atoms with van der Waals surface area (Å²) in [6.07, 6.45) is 2.65. The average molecular weight is 132 g/mol. The maximum atomic E-state index is 9.98. The lowest BCUT2D eigenvalue weighted by atomic mass is 10.7. The summed E-state index contributed by atoms with van der Waals surface area (Å²) < 4.78 is 1.24. The van der Waals surface area contributed by atoms with E-state index in [-0.39, 0.29) is 6.54 Å². The number of carboxylic acids is 1. The van der Waals surface area contributed by atoms with E-state index < -0.39 is 5.97 Å². The minimum atomic E-state index is -0.916. The fraction of sp³-hybridized carbons (Fsp3) is 0.250. The Morgan fingerprint density at radius 3 is 3.00 bits per heavy atom. The number of rotatable bonds is 2. The van der Waals surface area contributed by atoms with Crippen LogP contribution in [0.4, 0.5) is 0 Å². The van der Waals surface area contributed by atoms with Crippen molar-refractivity contribution in [3.05, 3.63) is 12.7 Å². The van der Waals surface area contributed by atoms with Crippen molar-refractivity contribution in [1.82, 2.24) is 14.8 Å². The monoisotopic (exact) mass is 132 g/mol. The molecule has 48 valence electrons. The van der Waals surface area contributed by atoms with Gasteiger partial charge in [0.05, 0.1) is 0 Å². The molecule has 0 aliphatic carbocycles. The van der Waals surface area contributed by atoms with Gasteiger partial charge in [-0.15, -0.1) is 0 Å². The number of aromatic nitrogens is 3. The highest BCUT2D eigenvalue weighted by molar-refractivity contribution is 5.66. The highest BCUT2D eigenvalue weighted by atomic mass is 16.4. The maximum Gasteiger partial charge on any atom is 0.325 e. The van der Waals surface area contributed by atoms with E-state index >= 15 is 0 Å². The minimum Gasteiger partial charge on any atom is -0.480 e. The van der Waals surface area contributed by atoms with E-state index in [1.807, 2.05) is 0 Å². The van der Waals surface area contributed by atoms with Crippen LogP contribution >= 0.6 is 0 Å². The lowest BCUT2D eigenvalue weighted by molar-refractivity contribution is -0.137. The van der Waals surface area contributed by atoms with Crippen molar-refractivity contribution < 1.29 is 9.90 Å². The topological polar surface area (TPSA) is 68.0 Å². The van der Waals surface area contributed by atoms with Gasteiger partial charge in [0.25, 0.3) is 0 Å². The van der Waals surface area contributed by atoms with Gasteiger partial charge < -0.3 is 5.11 Å². The molecule has 0 spiro atoms. The van der Waals surface area contributed by atoms with Crippen molar-refractivity contribution in [1.29, 1.82) is 0 Å². The molecule has 0 aliphatic heterocycles.